The lowest BCUT2D eigenvalue weighted by Gasteiger charge is -2.27. The van der Waals surface area contributed by atoms with Crippen molar-refractivity contribution in [2.45, 2.75) is 45.2 Å². The molecule has 0 amide bonds. The van der Waals surface area contributed by atoms with Gasteiger partial charge in [0, 0.05) is 12.6 Å². The van der Waals surface area contributed by atoms with E-state index < -0.39 is 0 Å². The molecule has 0 saturated heterocycles. The summed E-state index contributed by atoms with van der Waals surface area (Å²) in [6.45, 7) is 2.98. The first-order valence-corrected chi connectivity index (χ1v) is 6.48. The van der Waals surface area contributed by atoms with E-state index in [0.717, 1.165) is 19.4 Å². The van der Waals surface area contributed by atoms with Gasteiger partial charge in [0.05, 0.1) is 12.0 Å². The Morgan fingerprint density at radius 1 is 1.24 bits per heavy atom. The molecule has 1 aromatic rings. The molecule has 0 bridgehead atoms. The molecule has 1 saturated carbocycles. The predicted octanol–water partition coefficient (Wildman–Crippen LogP) is 3.17. The first kappa shape index (κ1) is 12.1. The minimum Gasteiger partial charge on any atom is -0.309 e. The summed E-state index contributed by atoms with van der Waals surface area (Å²) in [6, 6.07) is 11.4. The first-order chi connectivity index (χ1) is 8.29. The van der Waals surface area contributed by atoms with Crippen molar-refractivity contribution in [3.63, 3.8) is 0 Å². The largest absolute Gasteiger partial charge is 0.309 e. The van der Waals surface area contributed by atoms with Crippen molar-refractivity contribution in [3.8, 4) is 6.07 Å². The number of nitrogens with one attached hydrogen (secondary N) is 1. The molecule has 0 aromatic heterocycles. The van der Waals surface area contributed by atoms with Crippen LogP contribution in [0.25, 0.3) is 0 Å². The molecule has 17 heavy (non-hydrogen) atoms. The number of hydrogen-bond acceptors (Lipinski definition) is 2. The fraction of sp³-hybridized carbons (Fsp3) is 0.533. The van der Waals surface area contributed by atoms with Crippen LogP contribution in [0, 0.1) is 24.2 Å². The molecule has 1 aromatic carbocycles. The highest BCUT2D eigenvalue weighted by Gasteiger charge is 2.23. The highest BCUT2D eigenvalue weighted by Crippen LogP contribution is 2.24. The van der Waals surface area contributed by atoms with Crippen LogP contribution < -0.4 is 5.32 Å². The summed E-state index contributed by atoms with van der Waals surface area (Å²) in [5.41, 5.74) is 2.60. The summed E-state index contributed by atoms with van der Waals surface area (Å²) in [7, 11) is 0. The summed E-state index contributed by atoms with van der Waals surface area (Å²) in [6.07, 6.45) is 4.66. The molecule has 0 spiro atoms. The van der Waals surface area contributed by atoms with Crippen molar-refractivity contribution in [3.05, 3.63) is 35.4 Å². The highest BCUT2D eigenvalue weighted by atomic mass is 14.9. The van der Waals surface area contributed by atoms with Crippen LogP contribution in [0.2, 0.25) is 0 Å². The minimum absolute atomic E-state index is 0.203. The topological polar surface area (TPSA) is 35.8 Å². The fourth-order valence-electron chi connectivity index (χ4n) is 2.48. The van der Waals surface area contributed by atoms with E-state index in [9.17, 15) is 0 Å². The number of nitriles is 1. The molecule has 1 fully saturated rings. The Morgan fingerprint density at radius 3 is 2.65 bits per heavy atom. The van der Waals surface area contributed by atoms with Gasteiger partial charge in [-0.2, -0.15) is 5.26 Å². The third-order valence-corrected chi connectivity index (χ3v) is 3.62. The van der Waals surface area contributed by atoms with Crippen molar-refractivity contribution in [2.24, 2.45) is 5.92 Å². The van der Waals surface area contributed by atoms with Gasteiger partial charge in [0.2, 0.25) is 0 Å². The van der Waals surface area contributed by atoms with Crippen LogP contribution in [0.4, 0.5) is 0 Å². The number of rotatable bonds is 3. The molecule has 2 atom stereocenters. The maximum Gasteiger partial charge on any atom is 0.0672 e. The molecule has 2 unspecified atom stereocenters. The Labute approximate surface area is 104 Å². The van der Waals surface area contributed by atoms with Gasteiger partial charge >= 0.3 is 0 Å². The van der Waals surface area contributed by atoms with Gasteiger partial charge in [0.15, 0.2) is 0 Å². The third kappa shape index (κ3) is 3.31. The van der Waals surface area contributed by atoms with Crippen molar-refractivity contribution >= 4 is 0 Å². The van der Waals surface area contributed by atoms with Crippen LogP contribution in [-0.4, -0.2) is 6.04 Å². The number of benzene rings is 1. The highest BCUT2D eigenvalue weighted by molar-refractivity contribution is 5.21. The lowest BCUT2D eigenvalue weighted by molar-refractivity contribution is 0.311. The molecule has 1 aliphatic rings. The molecule has 0 radical (unpaired) electrons. The number of aryl methyl sites for hydroxylation is 1. The Balaban J connectivity index is 1.88. The number of nitrogens with zero attached hydrogens (tertiary/aromatic N) is 1. The summed E-state index contributed by atoms with van der Waals surface area (Å²) < 4.78 is 0. The van der Waals surface area contributed by atoms with E-state index in [1.807, 2.05) is 0 Å². The quantitative estimate of drug-likeness (QED) is 0.862. The van der Waals surface area contributed by atoms with E-state index in [2.05, 4.69) is 42.6 Å². The molecule has 2 heteroatoms. The summed E-state index contributed by atoms with van der Waals surface area (Å²) in [4.78, 5) is 0. The van der Waals surface area contributed by atoms with Crippen molar-refractivity contribution in [2.75, 3.05) is 0 Å². The molecule has 1 N–H and O–H groups in total. The van der Waals surface area contributed by atoms with Gasteiger partial charge in [0.1, 0.15) is 0 Å². The maximum atomic E-state index is 9.11. The summed E-state index contributed by atoms with van der Waals surface area (Å²) in [5, 5.41) is 12.6. The SMILES string of the molecule is Cc1ccc(CNC2CCCCC2C#N)cc1. The van der Waals surface area contributed by atoms with Gasteiger partial charge in [-0.05, 0) is 25.3 Å². The van der Waals surface area contributed by atoms with Gasteiger partial charge in [-0.25, -0.2) is 0 Å². The molecular formula is C15H20N2. The maximum absolute atomic E-state index is 9.11. The van der Waals surface area contributed by atoms with Gasteiger partial charge < -0.3 is 5.32 Å². The standard InChI is InChI=1S/C15H20N2/c1-12-6-8-13(9-7-12)11-17-15-5-3-2-4-14(15)10-16/h6-9,14-15,17H,2-5,11H2,1H3. The van der Waals surface area contributed by atoms with Crippen LogP contribution in [0.5, 0.6) is 0 Å². The van der Waals surface area contributed by atoms with Crippen molar-refractivity contribution in [1.29, 1.82) is 5.26 Å². The second-order valence-corrected chi connectivity index (χ2v) is 4.99. The van der Waals surface area contributed by atoms with E-state index in [-0.39, 0.29) is 5.92 Å². The van der Waals surface area contributed by atoms with Crippen molar-refractivity contribution in [1.82, 2.24) is 5.32 Å². The lowest BCUT2D eigenvalue weighted by atomic mass is 9.85. The molecule has 90 valence electrons. The Kier molecular flexibility index (Phi) is 4.17. The first-order valence-electron chi connectivity index (χ1n) is 6.48. The fourth-order valence-corrected chi connectivity index (χ4v) is 2.48. The molecule has 0 heterocycles. The van der Waals surface area contributed by atoms with Crippen molar-refractivity contribution < 1.29 is 0 Å². The Bertz CT molecular complexity index is 388. The average molecular weight is 228 g/mol. The zero-order chi connectivity index (χ0) is 12.1. The average Bonchev–Trinajstić information content (AvgIpc) is 2.38. The van der Waals surface area contributed by atoms with E-state index in [1.165, 1.54) is 24.0 Å². The van der Waals surface area contributed by atoms with E-state index >= 15 is 0 Å². The molecular weight excluding hydrogens is 208 g/mol. The van der Waals surface area contributed by atoms with Crippen LogP contribution in [0.3, 0.4) is 0 Å². The van der Waals surface area contributed by atoms with Crippen LogP contribution in [0.1, 0.15) is 36.8 Å². The lowest BCUT2D eigenvalue weighted by Crippen LogP contribution is -2.37. The van der Waals surface area contributed by atoms with E-state index in [0.29, 0.717) is 6.04 Å². The third-order valence-electron chi connectivity index (χ3n) is 3.62. The summed E-state index contributed by atoms with van der Waals surface area (Å²) in [5.74, 6) is 0.203. The Hall–Kier alpha value is -1.33. The smallest absolute Gasteiger partial charge is 0.0672 e. The zero-order valence-corrected chi connectivity index (χ0v) is 10.4. The van der Waals surface area contributed by atoms with Crippen LogP contribution in [-0.2, 0) is 6.54 Å². The van der Waals surface area contributed by atoms with E-state index in [4.69, 9.17) is 5.26 Å². The van der Waals surface area contributed by atoms with Gasteiger partial charge in [-0.3, -0.25) is 0 Å². The van der Waals surface area contributed by atoms with Gasteiger partial charge in [-0.15, -0.1) is 0 Å². The summed E-state index contributed by atoms with van der Waals surface area (Å²) >= 11 is 0. The molecule has 1 aliphatic carbocycles. The van der Waals surface area contributed by atoms with Crippen LogP contribution >= 0.6 is 0 Å². The second-order valence-electron chi connectivity index (χ2n) is 4.99. The Morgan fingerprint density at radius 2 is 1.94 bits per heavy atom. The zero-order valence-electron chi connectivity index (χ0n) is 10.4. The van der Waals surface area contributed by atoms with Crippen LogP contribution in [0.15, 0.2) is 24.3 Å². The molecule has 2 rings (SSSR count). The molecule has 0 aliphatic heterocycles. The predicted molar refractivity (Wildman–Crippen MR) is 69.4 cm³/mol. The number of hydrogen-bond donors (Lipinski definition) is 1. The normalized spacial score (nSPS) is 24.2. The minimum atomic E-state index is 0.203. The van der Waals surface area contributed by atoms with E-state index in [1.54, 1.807) is 0 Å². The monoisotopic (exact) mass is 228 g/mol. The van der Waals surface area contributed by atoms with Gasteiger partial charge in [0.25, 0.3) is 0 Å². The second kappa shape index (κ2) is 5.84. The van der Waals surface area contributed by atoms with Gasteiger partial charge in [-0.1, -0.05) is 42.7 Å². The molecule has 2 nitrogen and oxygen atoms in total.